The fourth-order valence-electron chi connectivity index (χ4n) is 5.59. The fraction of sp³-hybridized carbons (Fsp3) is 0.533. The molecule has 9 heteroatoms. The number of ether oxygens (including phenoxy) is 2. The Morgan fingerprint density at radius 1 is 1.08 bits per heavy atom. The normalized spacial score (nSPS) is 19.2. The molecule has 0 radical (unpaired) electrons. The van der Waals surface area contributed by atoms with E-state index in [1.54, 1.807) is 26.3 Å². The zero-order chi connectivity index (χ0) is 28.3. The maximum Gasteiger partial charge on any atom is 0.349 e. The molecule has 0 bridgehead atoms. The van der Waals surface area contributed by atoms with Gasteiger partial charge in [-0.2, -0.15) is 10.2 Å². The molecule has 0 saturated carbocycles. The first kappa shape index (κ1) is 28.5. The van der Waals surface area contributed by atoms with Crippen LogP contribution in [0.5, 0.6) is 5.75 Å². The van der Waals surface area contributed by atoms with Crippen LogP contribution in [0.15, 0.2) is 41.2 Å². The average Bonchev–Trinajstić information content (AvgIpc) is 2.93. The van der Waals surface area contributed by atoms with Crippen LogP contribution in [0.1, 0.15) is 64.8 Å². The van der Waals surface area contributed by atoms with Crippen molar-refractivity contribution < 1.29 is 9.47 Å². The zero-order valence-corrected chi connectivity index (χ0v) is 24.1. The minimum atomic E-state index is -0.403. The summed E-state index contributed by atoms with van der Waals surface area (Å²) in [6.45, 7) is 12.7. The molecule has 4 rings (SSSR count). The average molecular weight is 533 g/mol. The van der Waals surface area contributed by atoms with Crippen LogP contribution in [-0.4, -0.2) is 63.9 Å². The summed E-state index contributed by atoms with van der Waals surface area (Å²) < 4.78 is 12.9. The third kappa shape index (κ3) is 5.92. The van der Waals surface area contributed by atoms with Gasteiger partial charge in [-0.1, -0.05) is 26.0 Å². The van der Waals surface area contributed by atoms with E-state index in [2.05, 4.69) is 58.7 Å². The predicted molar refractivity (Wildman–Crippen MR) is 153 cm³/mol. The van der Waals surface area contributed by atoms with E-state index in [0.717, 1.165) is 31.7 Å². The summed E-state index contributed by atoms with van der Waals surface area (Å²) in [5, 5.41) is 9.47. The number of hydrogen-bond acceptors (Lipinski definition) is 8. The Labute approximate surface area is 231 Å². The summed E-state index contributed by atoms with van der Waals surface area (Å²) in [5.41, 5.74) is 2.09. The fourth-order valence-corrected chi connectivity index (χ4v) is 5.59. The molecule has 0 amide bonds. The van der Waals surface area contributed by atoms with Gasteiger partial charge >= 0.3 is 5.69 Å². The highest BCUT2D eigenvalue weighted by Crippen LogP contribution is 2.34. The van der Waals surface area contributed by atoms with Crippen molar-refractivity contribution in [2.24, 2.45) is 7.05 Å². The van der Waals surface area contributed by atoms with Crippen LogP contribution < -0.4 is 15.3 Å². The van der Waals surface area contributed by atoms with Crippen LogP contribution in [0.25, 0.3) is 11.0 Å². The largest absolute Gasteiger partial charge is 0.485 e. The number of nitriles is 1. The van der Waals surface area contributed by atoms with Gasteiger partial charge < -0.3 is 14.4 Å². The first-order valence-electron chi connectivity index (χ1n) is 13.7. The monoisotopic (exact) mass is 532 g/mol. The molecule has 3 aromatic rings. The second kappa shape index (κ2) is 11.7. The predicted octanol–water partition coefficient (Wildman–Crippen LogP) is 4.44. The van der Waals surface area contributed by atoms with Crippen LogP contribution in [0.3, 0.4) is 0 Å². The van der Waals surface area contributed by atoms with E-state index < -0.39 is 5.60 Å². The van der Waals surface area contributed by atoms with E-state index in [9.17, 15) is 10.1 Å². The van der Waals surface area contributed by atoms with Crippen molar-refractivity contribution in [1.29, 1.82) is 5.26 Å². The lowest BCUT2D eigenvalue weighted by Gasteiger charge is -2.49. The number of nitrogens with zero attached hydrogens (tertiary/aromatic N) is 6. The Bertz CT molecular complexity index is 1390. The smallest absolute Gasteiger partial charge is 0.349 e. The Hall–Kier alpha value is -3.48. The second-order valence-electron chi connectivity index (χ2n) is 11.0. The van der Waals surface area contributed by atoms with Crippen LogP contribution in [-0.2, 0) is 11.8 Å². The number of rotatable bonds is 9. The van der Waals surface area contributed by atoms with Gasteiger partial charge in [0, 0.05) is 45.4 Å². The second-order valence-corrected chi connectivity index (χ2v) is 11.0. The van der Waals surface area contributed by atoms with Gasteiger partial charge in [0.2, 0.25) is 0 Å². The molecule has 1 aliphatic rings. The molecule has 9 nitrogen and oxygen atoms in total. The topological polar surface area (TPSA) is 96.5 Å². The van der Waals surface area contributed by atoms with E-state index in [0.29, 0.717) is 29.2 Å². The van der Waals surface area contributed by atoms with Crippen molar-refractivity contribution in [3.8, 4) is 11.8 Å². The SMILES string of the molecule is CC[C@H]1CN(C(C)c2ccc(OC(C)(C)COC)cc2)[C@H](CC)CN1c1nc(=O)n(C)c2ccc(C#N)nc12. The molecule has 39 heavy (non-hydrogen) atoms. The van der Waals surface area contributed by atoms with Crippen LogP contribution in [0.4, 0.5) is 5.82 Å². The Balaban J connectivity index is 1.62. The van der Waals surface area contributed by atoms with Crippen molar-refractivity contribution >= 4 is 16.9 Å². The summed E-state index contributed by atoms with van der Waals surface area (Å²) in [7, 11) is 3.37. The summed E-state index contributed by atoms with van der Waals surface area (Å²) in [5.74, 6) is 1.40. The Morgan fingerprint density at radius 2 is 1.77 bits per heavy atom. The molecule has 3 atom stereocenters. The van der Waals surface area contributed by atoms with Crippen molar-refractivity contribution in [3.05, 3.63) is 58.1 Å². The zero-order valence-electron chi connectivity index (χ0n) is 24.1. The highest BCUT2D eigenvalue weighted by molar-refractivity contribution is 5.86. The molecule has 0 spiro atoms. The molecule has 208 valence electrons. The van der Waals surface area contributed by atoms with E-state index in [1.165, 1.54) is 10.1 Å². The van der Waals surface area contributed by atoms with Gasteiger partial charge in [0.25, 0.3) is 0 Å². The van der Waals surface area contributed by atoms with Crippen LogP contribution >= 0.6 is 0 Å². The van der Waals surface area contributed by atoms with Gasteiger partial charge in [0.05, 0.1) is 12.1 Å². The lowest BCUT2D eigenvalue weighted by Crippen LogP contribution is -2.59. The number of benzene rings is 1. The van der Waals surface area contributed by atoms with E-state index in [4.69, 9.17) is 9.47 Å². The molecular formula is C30H40N6O3. The number of pyridine rings is 1. The highest BCUT2D eigenvalue weighted by atomic mass is 16.5. The third-order valence-corrected chi connectivity index (χ3v) is 7.75. The summed E-state index contributed by atoms with van der Waals surface area (Å²) >= 11 is 0. The molecule has 1 aromatic carbocycles. The minimum Gasteiger partial charge on any atom is -0.485 e. The summed E-state index contributed by atoms with van der Waals surface area (Å²) in [6, 6.07) is 14.5. The molecule has 1 saturated heterocycles. The summed E-state index contributed by atoms with van der Waals surface area (Å²) in [4.78, 5) is 26.7. The van der Waals surface area contributed by atoms with Gasteiger partial charge in [-0.15, -0.1) is 0 Å². The van der Waals surface area contributed by atoms with E-state index in [1.807, 2.05) is 26.0 Å². The Morgan fingerprint density at radius 3 is 2.38 bits per heavy atom. The van der Waals surface area contributed by atoms with E-state index >= 15 is 0 Å². The van der Waals surface area contributed by atoms with Crippen LogP contribution in [0.2, 0.25) is 0 Å². The van der Waals surface area contributed by atoms with Gasteiger partial charge in [-0.25, -0.2) is 9.78 Å². The highest BCUT2D eigenvalue weighted by Gasteiger charge is 2.37. The molecule has 0 aliphatic carbocycles. The first-order valence-corrected chi connectivity index (χ1v) is 13.7. The number of methoxy groups -OCH3 is 1. The van der Waals surface area contributed by atoms with E-state index in [-0.39, 0.29) is 23.8 Å². The lowest BCUT2D eigenvalue weighted by molar-refractivity contribution is 0.0180. The maximum atomic E-state index is 12.8. The first-order chi connectivity index (χ1) is 18.6. The number of piperazine rings is 1. The van der Waals surface area contributed by atoms with Crippen molar-refractivity contribution in [2.45, 2.75) is 71.2 Å². The molecule has 1 aliphatic heterocycles. The van der Waals surface area contributed by atoms with Crippen LogP contribution in [0, 0.1) is 11.3 Å². The van der Waals surface area contributed by atoms with Gasteiger partial charge in [0.15, 0.2) is 5.82 Å². The number of fused-ring (bicyclic) bond motifs is 1. The number of anilines is 1. The Kier molecular flexibility index (Phi) is 8.57. The number of hydrogen-bond donors (Lipinski definition) is 0. The molecule has 0 N–H and O–H groups in total. The third-order valence-electron chi connectivity index (χ3n) is 7.75. The van der Waals surface area contributed by atoms with Crippen molar-refractivity contribution in [2.75, 3.05) is 31.7 Å². The quantitative estimate of drug-likeness (QED) is 0.399. The standard InChI is InChI=1S/C30H40N6O3/c1-8-23-18-36(28-27-26(34(6)29(37)33-28)15-12-22(16-31)32-27)24(9-2)17-35(23)20(3)21-10-13-25(14-11-21)39-30(4,5)19-38-7/h10-15,20,23-24H,8-9,17-19H2,1-7H3/t20?,23-,24+/m1/s1. The van der Waals surface area contributed by atoms with Crippen molar-refractivity contribution in [3.63, 3.8) is 0 Å². The molecule has 2 aromatic heterocycles. The minimum absolute atomic E-state index is 0.142. The van der Waals surface area contributed by atoms with Gasteiger partial charge in [-0.05, 0) is 63.4 Å². The molecular weight excluding hydrogens is 492 g/mol. The maximum absolute atomic E-state index is 12.8. The van der Waals surface area contributed by atoms with Crippen molar-refractivity contribution in [1.82, 2.24) is 19.4 Å². The molecule has 1 fully saturated rings. The summed E-state index contributed by atoms with van der Waals surface area (Å²) in [6.07, 6.45) is 1.83. The number of aromatic nitrogens is 3. The molecule has 3 heterocycles. The number of aryl methyl sites for hydroxylation is 1. The molecule has 1 unspecified atom stereocenters. The lowest BCUT2D eigenvalue weighted by atomic mass is 9.97. The van der Waals surface area contributed by atoms with Gasteiger partial charge in [-0.3, -0.25) is 9.47 Å². The van der Waals surface area contributed by atoms with Gasteiger partial charge in [0.1, 0.15) is 28.6 Å².